The molecule has 13 nitrogen and oxygen atoms in total. The Morgan fingerprint density at radius 2 is 0.971 bits per heavy atom. The van der Waals surface area contributed by atoms with Crippen LogP contribution in [-0.2, 0) is 24.0 Å². The monoisotopic (exact) mass is 505 g/mol. The molecule has 0 aliphatic rings. The zero-order chi connectivity index (χ0) is 26.8. The van der Waals surface area contributed by atoms with E-state index in [1.807, 2.05) is 0 Å². The van der Waals surface area contributed by atoms with E-state index in [1.54, 1.807) is 0 Å². The molecule has 0 aromatic carbocycles. The number of nitrogens with zero attached hydrogens (tertiary/aromatic N) is 3. The summed E-state index contributed by atoms with van der Waals surface area (Å²) in [5.41, 5.74) is 0. The highest BCUT2D eigenvalue weighted by molar-refractivity contribution is 5.73. The molecule has 0 heterocycles. The van der Waals surface area contributed by atoms with Gasteiger partial charge in [-0.25, -0.2) is 0 Å². The summed E-state index contributed by atoms with van der Waals surface area (Å²) in [6, 6.07) is -0.569. The molecular formula is C22H39N3O10. The molecule has 0 fully saturated rings. The Bertz CT molecular complexity index is 656. The zero-order valence-electron chi connectivity index (χ0n) is 20.3. The molecule has 0 amide bonds. The van der Waals surface area contributed by atoms with Crippen molar-refractivity contribution < 1.29 is 49.5 Å². The van der Waals surface area contributed by atoms with E-state index < -0.39 is 68.6 Å². The average Bonchev–Trinajstić information content (AvgIpc) is 2.70. The van der Waals surface area contributed by atoms with Gasteiger partial charge in [-0.05, 0) is 6.42 Å². The normalized spacial score (nSPS) is 12.2. The van der Waals surface area contributed by atoms with Gasteiger partial charge in [-0.1, -0.05) is 45.4 Å². The molecule has 0 rings (SSSR count). The molecule has 0 aliphatic carbocycles. The SMILES string of the molecule is CCCCCCCCC(CN(CCN(CC(=O)O)CC(=O)O)CC(=O)O)N(CC(=O)O)CC(=O)O. The first-order valence-electron chi connectivity index (χ1n) is 11.7. The fourth-order valence-electron chi connectivity index (χ4n) is 3.81. The minimum Gasteiger partial charge on any atom is -0.480 e. The van der Waals surface area contributed by atoms with Gasteiger partial charge in [0.05, 0.1) is 32.7 Å². The third-order valence-corrected chi connectivity index (χ3v) is 5.36. The van der Waals surface area contributed by atoms with E-state index in [2.05, 4.69) is 6.92 Å². The van der Waals surface area contributed by atoms with Crippen LogP contribution < -0.4 is 0 Å². The second-order valence-electron chi connectivity index (χ2n) is 8.53. The van der Waals surface area contributed by atoms with Gasteiger partial charge in [-0.15, -0.1) is 0 Å². The molecular weight excluding hydrogens is 466 g/mol. The van der Waals surface area contributed by atoms with E-state index in [1.165, 1.54) is 9.80 Å². The largest absolute Gasteiger partial charge is 0.480 e. The average molecular weight is 506 g/mol. The van der Waals surface area contributed by atoms with Gasteiger partial charge in [0.2, 0.25) is 0 Å². The summed E-state index contributed by atoms with van der Waals surface area (Å²) in [5, 5.41) is 45.9. The van der Waals surface area contributed by atoms with Crippen molar-refractivity contribution >= 4 is 29.8 Å². The van der Waals surface area contributed by atoms with Crippen LogP contribution >= 0.6 is 0 Å². The van der Waals surface area contributed by atoms with Gasteiger partial charge < -0.3 is 25.5 Å². The molecule has 0 spiro atoms. The first-order valence-corrected chi connectivity index (χ1v) is 11.7. The summed E-state index contributed by atoms with van der Waals surface area (Å²) in [7, 11) is 0. The standard InChI is InChI=1S/C22H39N3O10/c1-2-3-4-5-6-7-8-17(25(15-21(32)33)16-22(34)35)11-23(12-18(26)27)9-10-24(13-19(28)29)14-20(30)31/h17H,2-16H2,1H3,(H,26,27)(H,28,29)(H,30,31)(H,32,33)(H,34,35). The Labute approximate surface area is 204 Å². The molecule has 1 atom stereocenters. The van der Waals surface area contributed by atoms with E-state index in [9.17, 15) is 39.3 Å². The maximum Gasteiger partial charge on any atom is 0.317 e. The second kappa shape index (κ2) is 18.5. The van der Waals surface area contributed by atoms with Crippen molar-refractivity contribution in [3.8, 4) is 0 Å². The quantitative estimate of drug-likeness (QED) is 0.120. The summed E-state index contributed by atoms with van der Waals surface area (Å²) in [5.74, 6) is -6.05. The Kier molecular flexibility index (Phi) is 17.1. The van der Waals surface area contributed by atoms with E-state index >= 15 is 0 Å². The van der Waals surface area contributed by atoms with Gasteiger partial charge in [0.25, 0.3) is 0 Å². The fraction of sp³-hybridized carbons (Fsp3) is 0.773. The molecule has 1 unspecified atom stereocenters. The predicted octanol–water partition coefficient (Wildman–Crippen LogP) is 0.435. The van der Waals surface area contributed by atoms with Gasteiger partial charge in [0.1, 0.15) is 0 Å². The molecule has 0 aromatic rings. The topological polar surface area (TPSA) is 196 Å². The van der Waals surface area contributed by atoms with E-state index in [-0.39, 0.29) is 19.6 Å². The summed E-state index contributed by atoms with van der Waals surface area (Å²) >= 11 is 0. The number of carbonyl (C=O) groups is 5. The summed E-state index contributed by atoms with van der Waals surface area (Å²) in [6.07, 6.45) is 6.25. The Morgan fingerprint density at radius 1 is 0.571 bits per heavy atom. The molecule has 0 saturated heterocycles. The number of hydrogen-bond donors (Lipinski definition) is 5. The molecule has 0 radical (unpaired) electrons. The second-order valence-corrected chi connectivity index (χ2v) is 8.53. The minimum atomic E-state index is -1.23. The van der Waals surface area contributed by atoms with Gasteiger partial charge in [-0.3, -0.25) is 38.7 Å². The van der Waals surface area contributed by atoms with Crippen molar-refractivity contribution in [3.05, 3.63) is 0 Å². The number of hydrogen-bond acceptors (Lipinski definition) is 8. The zero-order valence-corrected chi connectivity index (χ0v) is 20.3. The van der Waals surface area contributed by atoms with Crippen LogP contribution in [0.25, 0.3) is 0 Å². The number of carboxylic acids is 5. The lowest BCUT2D eigenvalue weighted by molar-refractivity contribution is -0.144. The van der Waals surface area contributed by atoms with Crippen LogP contribution in [0.15, 0.2) is 0 Å². The van der Waals surface area contributed by atoms with E-state index in [0.717, 1.165) is 37.0 Å². The van der Waals surface area contributed by atoms with E-state index in [0.29, 0.717) is 12.8 Å². The highest BCUT2D eigenvalue weighted by Crippen LogP contribution is 2.14. The Morgan fingerprint density at radius 3 is 1.43 bits per heavy atom. The lowest BCUT2D eigenvalue weighted by atomic mass is 10.0. The molecule has 0 saturated carbocycles. The molecule has 35 heavy (non-hydrogen) atoms. The number of rotatable bonds is 23. The van der Waals surface area contributed by atoms with Crippen molar-refractivity contribution in [3.63, 3.8) is 0 Å². The van der Waals surface area contributed by atoms with Gasteiger partial charge in [0, 0.05) is 25.7 Å². The van der Waals surface area contributed by atoms with Crippen molar-refractivity contribution in [2.45, 2.75) is 57.9 Å². The molecule has 5 N–H and O–H groups in total. The lowest BCUT2D eigenvalue weighted by Gasteiger charge is -2.34. The van der Waals surface area contributed by atoms with Crippen LogP contribution in [0, 0.1) is 0 Å². The van der Waals surface area contributed by atoms with Crippen LogP contribution in [0.5, 0.6) is 0 Å². The Hall–Kier alpha value is -2.77. The smallest absolute Gasteiger partial charge is 0.317 e. The molecule has 0 aliphatic heterocycles. The van der Waals surface area contributed by atoms with Crippen LogP contribution in [-0.4, -0.2) is 128 Å². The Balaban J connectivity index is 5.51. The highest BCUT2D eigenvalue weighted by Gasteiger charge is 2.26. The van der Waals surface area contributed by atoms with Crippen LogP contribution in [0.4, 0.5) is 0 Å². The maximum absolute atomic E-state index is 11.4. The molecule has 0 aromatic heterocycles. The number of carboxylic acid groups (broad SMARTS) is 5. The molecule has 0 bridgehead atoms. The van der Waals surface area contributed by atoms with Crippen molar-refractivity contribution in [2.75, 3.05) is 52.4 Å². The third-order valence-electron chi connectivity index (χ3n) is 5.36. The van der Waals surface area contributed by atoms with Crippen LogP contribution in [0.2, 0.25) is 0 Å². The van der Waals surface area contributed by atoms with E-state index in [4.69, 9.17) is 10.2 Å². The molecule has 13 heteroatoms. The minimum absolute atomic E-state index is 0.00778. The van der Waals surface area contributed by atoms with Gasteiger partial charge >= 0.3 is 29.8 Å². The van der Waals surface area contributed by atoms with Crippen LogP contribution in [0.1, 0.15) is 51.9 Å². The van der Waals surface area contributed by atoms with Gasteiger partial charge in [0.15, 0.2) is 0 Å². The summed E-state index contributed by atoms with van der Waals surface area (Å²) < 4.78 is 0. The fourth-order valence-corrected chi connectivity index (χ4v) is 3.81. The van der Waals surface area contributed by atoms with Crippen LogP contribution in [0.3, 0.4) is 0 Å². The number of aliphatic carboxylic acids is 5. The van der Waals surface area contributed by atoms with Crippen molar-refractivity contribution in [1.29, 1.82) is 0 Å². The first-order chi connectivity index (χ1) is 16.4. The summed E-state index contributed by atoms with van der Waals surface area (Å²) in [6.45, 7) is -0.504. The third kappa shape index (κ3) is 18.3. The predicted molar refractivity (Wildman–Crippen MR) is 124 cm³/mol. The first kappa shape index (κ1) is 32.2. The highest BCUT2D eigenvalue weighted by atomic mass is 16.4. The summed E-state index contributed by atoms with van der Waals surface area (Å²) in [4.78, 5) is 60.1. The maximum atomic E-state index is 11.4. The van der Waals surface area contributed by atoms with Gasteiger partial charge in [-0.2, -0.15) is 0 Å². The lowest BCUT2D eigenvalue weighted by Crippen LogP contribution is -2.50. The molecule has 202 valence electrons. The van der Waals surface area contributed by atoms with Crippen molar-refractivity contribution in [1.82, 2.24) is 14.7 Å². The number of unbranched alkanes of at least 4 members (excludes halogenated alkanes) is 5. The van der Waals surface area contributed by atoms with Crippen molar-refractivity contribution in [2.24, 2.45) is 0 Å².